The van der Waals surface area contributed by atoms with E-state index in [2.05, 4.69) is 5.32 Å². The fourth-order valence-electron chi connectivity index (χ4n) is 2.32. The highest BCUT2D eigenvalue weighted by Crippen LogP contribution is 2.33. The van der Waals surface area contributed by atoms with Crippen molar-refractivity contribution in [3.8, 4) is 0 Å². The van der Waals surface area contributed by atoms with Crippen LogP contribution in [0.25, 0.3) is 11.1 Å². The number of fused-ring (bicyclic) bond motifs is 1. The Morgan fingerprint density at radius 1 is 1.47 bits per heavy atom. The number of nitrogens with one attached hydrogen (secondary N) is 1. The highest BCUT2D eigenvalue weighted by atomic mass is 16.4. The van der Waals surface area contributed by atoms with Crippen LogP contribution in [0.1, 0.15) is 25.5 Å². The van der Waals surface area contributed by atoms with E-state index in [4.69, 9.17) is 4.42 Å². The van der Waals surface area contributed by atoms with Gasteiger partial charge in [0.1, 0.15) is 0 Å². The molecule has 19 heavy (non-hydrogen) atoms. The van der Waals surface area contributed by atoms with Crippen LogP contribution in [0.2, 0.25) is 0 Å². The van der Waals surface area contributed by atoms with Gasteiger partial charge in [-0.25, -0.2) is 4.79 Å². The van der Waals surface area contributed by atoms with Crippen LogP contribution in [0.15, 0.2) is 27.4 Å². The van der Waals surface area contributed by atoms with Gasteiger partial charge in [0, 0.05) is 19.0 Å². The summed E-state index contributed by atoms with van der Waals surface area (Å²) in [5.74, 6) is -0.392. The van der Waals surface area contributed by atoms with Crippen LogP contribution in [0.4, 0.5) is 0 Å². The maximum Gasteiger partial charge on any atom is 0.419 e. The van der Waals surface area contributed by atoms with E-state index < -0.39 is 11.9 Å². The summed E-state index contributed by atoms with van der Waals surface area (Å²) in [6, 6.07) is 5.37. The molecule has 1 unspecified atom stereocenters. The third kappa shape index (κ3) is 2.43. The van der Waals surface area contributed by atoms with Crippen LogP contribution in [0, 0.1) is 5.41 Å². The number of aromatic nitrogens is 1. The third-order valence-electron chi connectivity index (χ3n) is 3.50. The number of aliphatic hydroxyl groups excluding tert-OH is 1. The minimum absolute atomic E-state index is 0.308. The molecule has 2 N–H and O–H groups in total. The van der Waals surface area contributed by atoms with Crippen LogP contribution in [-0.2, 0) is 7.05 Å². The lowest BCUT2D eigenvalue weighted by Gasteiger charge is -2.30. The highest BCUT2D eigenvalue weighted by Gasteiger charge is 2.28. The summed E-state index contributed by atoms with van der Waals surface area (Å²) in [7, 11) is 3.52. The maximum absolute atomic E-state index is 11.4. The van der Waals surface area contributed by atoms with Crippen molar-refractivity contribution in [1.82, 2.24) is 9.88 Å². The Morgan fingerprint density at radius 2 is 2.16 bits per heavy atom. The number of nitrogens with zero attached hydrogens (tertiary/aromatic N) is 1. The van der Waals surface area contributed by atoms with E-state index in [0.717, 1.165) is 11.1 Å². The molecule has 1 aromatic heterocycles. The molecule has 0 radical (unpaired) electrons. The van der Waals surface area contributed by atoms with Gasteiger partial charge in [-0.2, -0.15) is 0 Å². The van der Waals surface area contributed by atoms with Crippen molar-refractivity contribution < 1.29 is 9.52 Å². The van der Waals surface area contributed by atoms with Gasteiger partial charge >= 0.3 is 5.76 Å². The SMILES string of the molecule is CNCC(C)(C)C(O)c1ccc2c(c1)oc(=O)n2C. The smallest absolute Gasteiger partial charge is 0.408 e. The molecule has 0 aliphatic rings. The van der Waals surface area contributed by atoms with Gasteiger partial charge in [-0.3, -0.25) is 4.57 Å². The predicted molar refractivity (Wildman–Crippen MR) is 74.1 cm³/mol. The van der Waals surface area contributed by atoms with Crippen molar-refractivity contribution in [3.05, 3.63) is 34.3 Å². The lowest BCUT2D eigenvalue weighted by atomic mass is 9.82. The Labute approximate surface area is 111 Å². The molecule has 0 fully saturated rings. The van der Waals surface area contributed by atoms with E-state index in [1.54, 1.807) is 19.2 Å². The molecule has 0 saturated carbocycles. The molecule has 104 valence electrons. The fourth-order valence-corrected chi connectivity index (χ4v) is 2.32. The number of hydrogen-bond acceptors (Lipinski definition) is 4. The van der Waals surface area contributed by atoms with Crippen LogP contribution >= 0.6 is 0 Å². The second-order valence-corrected chi connectivity index (χ2v) is 5.58. The topological polar surface area (TPSA) is 67.4 Å². The molecule has 5 heteroatoms. The zero-order valence-electron chi connectivity index (χ0n) is 11.7. The van der Waals surface area contributed by atoms with Gasteiger partial charge < -0.3 is 14.8 Å². The van der Waals surface area contributed by atoms with E-state index in [1.807, 2.05) is 27.0 Å². The molecule has 0 bridgehead atoms. The molecule has 5 nitrogen and oxygen atoms in total. The first kappa shape index (κ1) is 13.8. The van der Waals surface area contributed by atoms with Gasteiger partial charge in [-0.15, -0.1) is 0 Å². The monoisotopic (exact) mass is 264 g/mol. The molecule has 1 aromatic carbocycles. The minimum Gasteiger partial charge on any atom is -0.408 e. The quantitative estimate of drug-likeness (QED) is 0.876. The highest BCUT2D eigenvalue weighted by molar-refractivity contribution is 5.73. The molecule has 0 aliphatic heterocycles. The van der Waals surface area contributed by atoms with Crippen LogP contribution in [0.5, 0.6) is 0 Å². The first-order valence-electron chi connectivity index (χ1n) is 6.29. The van der Waals surface area contributed by atoms with Crippen molar-refractivity contribution >= 4 is 11.1 Å². The number of aryl methyl sites for hydroxylation is 1. The van der Waals surface area contributed by atoms with Crippen molar-refractivity contribution in [2.24, 2.45) is 12.5 Å². The Bertz CT molecular complexity index is 640. The molecule has 1 heterocycles. The second kappa shape index (κ2) is 4.83. The summed E-state index contributed by atoms with van der Waals surface area (Å²) in [6.07, 6.45) is -0.630. The summed E-state index contributed by atoms with van der Waals surface area (Å²) in [5, 5.41) is 13.5. The second-order valence-electron chi connectivity index (χ2n) is 5.58. The molecular weight excluding hydrogens is 244 g/mol. The number of aliphatic hydroxyl groups is 1. The molecule has 0 aliphatic carbocycles. The molecule has 0 amide bonds. The maximum atomic E-state index is 11.4. The predicted octanol–water partition coefficient (Wildman–Crippen LogP) is 1.41. The number of hydrogen-bond donors (Lipinski definition) is 2. The average molecular weight is 264 g/mol. The lowest BCUT2D eigenvalue weighted by Crippen LogP contribution is -2.32. The van der Waals surface area contributed by atoms with Crippen molar-refractivity contribution in [1.29, 1.82) is 0 Å². The van der Waals surface area contributed by atoms with Crippen LogP contribution in [-0.4, -0.2) is 23.3 Å². The van der Waals surface area contributed by atoms with Crippen LogP contribution < -0.4 is 11.1 Å². The van der Waals surface area contributed by atoms with E-state index in [0.29, 0.717) is 12.1 Å². The first-order valence-corrected chi connectivity index (χ1v) is 6.29. The first-order chi connectivity index (χ1) is 8.86. The molecule has 2 rings (SSSR count). The minimum atomic E-state index is -0.630. The van der Waals surface area contributed by atoms with E-state index >= 15 is 0 Å². The normalized spacial score (nSPS) is 13.9. The number of oxazole rings is 1. The Hall–Kier alpha value is -1.59. The van der Waals surface area contributed by atoms with E-state index in [9.17, 15) is 9.90 Å². The van der Waals surface area contributed by atoms with E-state index in [-0.39, 0.29) is 5.41 Å². The summed E-state index contributed by atoms with van der Waals surface area (Å²) in [6.45, 7) is 4.66. The van der Waals surface area contributed by atoms with Gasteiger partial charge in [-0.05, 0) is 24.7 Å². The summed E-state index contributed by atoms with van der Waals surface area (Å²) in [5.41, 5.74) is 1.68. The molecule has 0 saturated heterocycles. The average Bonchev–Trinajstić information content (AvgIpc) is 2.63. The lowest BCUT2D eigenvalue weighted by molar-refractivity contribution is 0.0506. The molecule has 2 aromatic rings. The standard InChI is InChI=1S/C14H20N2O3/c1-14(2,8-15-3)12(17)9-5-6-10-11(7-9)19-13(18)16(10)4/h5-7,12,15,17H,8H2,1-4H3. The number of benzene rings is 1. The Balaban J connectivity index is 2.43. The van der Waals surface area contributed by atoms with Crippen molar-refractivity contribution in [3.63, 3.8) is 0 Å². The molecule has 0 spiro atoms. The third-order valence-corrected chi connectivity index (χ3v) is 3.50. The number of rotatable bonds is 4. The van der Waals surface area contributed by atoms with Crippen molar-refractivity contribution in [2.45, 2.75) is 20.0 Å². The van der Waals surface area contributed by atoms with Gasteiger partial charge in [0.2, 0.25) is 0 Å². The van der Waals surface area contributed by atoms with Crippen LogP contribution in [0.3, 0.4) is 0 Å². The summed E-state index contributed by atoms with van der Waals surface area (Å²) in [4.78, 5) is 11.4. The zero-order chi connectivity index (χ0) is 14.2. The van der Waals surface area contributed by atoms with Gasteiger partial charge in [0.25, 0.3) is 0 Å². The van der Waals surface area contributed by atoms with Gasteiger partial charge in [0.15, 0.2) is 5.58 Å². The van der Waals surface area contributed by atoms with E-state index in [1.165, 1.54) is 4.57 Å². The molecular formula is C14H20N2O3. The molecule has 1 atom stereocenters. The summed E-state index contributed by atoms with van der Waals surface area (Å²) < 4.78 is 6.59. The summed E-state index contributed by atoms with van der Waals surface area (Å²) >= 11 is 0. The zero-order valence-corrected chi connectivity index (χ0v) is 11.7. The Morgan fingerprint density at radius 3 is 2.79 bits per heavy atom. The van der Waals surface area contributed by atoms with Gasteiger partial charge in [0.05, 0.1) is 11.6 Å². The van der Waals surface area contributed by atoms with Gasteiger partial charge in [-0.1, -0.05) is 19.9 Å². The van der Waals surface area contributed by atoms with Crippen molar-refractivity contribution in [2.75, 3.05) is 13.6 Å². The Kier molecular flexibility index (Phi) is 3.52. The largest absolute Gasteiger partial charge is 0.419 e. The fraction of sp³-hybridized carbons (Fsp3) is 0.500.